The third-order valence-corrected chi connectivity index (χ3v) is 18.1. The topological polar surface area (TPSA) is 0 Å². The fourth-order valence-corrected chi connectivity index (χ4v) is 16.0. The Hall–Kier alpha value is -2.31. The summed E-state index contributed by atoms with van der Waals surface area (Å²) in [5, 5.41) is 0. The van der Waals surface area contributed by atoms with Crippen molar-refractivity contribution in [3.05, 3.63) is 151 Å². The van der Waals surface area contributed by atoms with Crippen molar-refractivity contribution in [3.8, 4) is 0 Å². The largest absolute Gasteiger partial charge is 1.00 e. The first-order valence-corrected chi connectivity index (χ1v) is 20.4. The molecule has 3 aliphatic carbocycles. The molecule has 0 aliphatic heterocycles. The van der Waals surface area contributed by atoms with E-state index in [9.17, 15) is 0 Å². The first-order chi connectivity index (χ1) is 20.8. The number of allylic oxidation sites excluding steroid dienone is 9. The average Bonchev–Trinajstić information content (AvgIpc) is 3.63. The smallest absolute Gasteiger partial charge is 1.00 e. The zero-order valence-corrected chi connectivity index (χ0v) is 32.9. The molecule has 0 heterocycles. The summed E-state index contributed by atoms with van der Waals surface area (Å²) >= 11 is -2.54. The van der Waals surface area contributed by atoms with Crippen molar-refractivity contribution >= 4 is 15.4 Å². The van der Waals surface area contributed by atoms with Gasteiger partial charge in [0.05, 0.1) is 0 Å². The fourth-order valence-electron chi connectivity index (χ4n) is 8.06. The second-order valence-corrected chi connectivity index (χ2v) is 21.1. The summed E-state index contributed by atoms with van der Waals surface area (Å²) in [5.41, 5.74) is 12.8. The second kappa shape index (κ2) is 13.7. The van der Waals surface area contributed by atoms with E-state index in [1.807, 2.05) is 0 Å². The Bertz CT molecular complexity index is 1770. The van der Waals surface area contributed by atoms with Crippen LogP contribution in [-0.2, 0) is 32.1 Å². The Labute approximate surface area is 298 Å². The maximum Gasteiger partial charge on any atom is -1.00 e. The molecule has 2 atom stereocenters. The van der Waals surface area contributed by atoms with Gasteiger partial charge in [-0.2, -0.15) is 0 Å². The van der Waals surface area contributed by atoms with Gasteiger partial charge in [0.2, 0.25) is 0 Å². The molecule has 0 bridgehead atoms. The molecular formula is C43H48Cl2Zr. The molecule has 3 aliphatic rings. The van der Waals surface area contributed by atoms with Crippen molar-refractivity contribution in [2.45, 2.75) is 82.7 Å². The summed E-state index contributed by atoms with van der Waals surface area (Å²) in [7, 11) is 0. The molecule has 46 heavy (non-hydrogen) atoms. The minimum atomic E-state index is -2.54. The fraction of sp³-hybridized carbons (Fsp3) is 0.326. The normalized spacial score (nSPS) is 19.6. The quantitative estimate of drug-likeness (QED) is 0.327. The predicted octanol–water partition coefficient (Wildman–Crippen LogP) is 5.49. The van der Waals surface area contributed by atoms with Crippen LogP contribution in [-0.4, -0.2) is 3.71 Å². The molecule has 0 saturated carbocycles. The third kappa shape index (κ3) is 6.30. The van der Waals surface area contributed by atoms with Crippen molar-refractivity contribution < 1.29 is 46.1 Å². The van der Waals surface area contributed by atoms with Crippen LogP contribution in [0.5, 0.6) is 0 Å². The van der Waals surface area contributed by atoms with E-state index in [4.69, 9.17) is 0 Å². The van der Waals surface area contributed by atoms with E-state index < -0.39 is 21.3 Å². The summed E-state index contributed by atoms with van der Waals surface area (Å²) in [5.74, 6) is 0.405. The molecule has 0 radical (unpaired) electrons. The van der Waals surface area contributed by atoms with Gasteiger partial charge < -0.3 is 24.8 Å². The van der Waals surface area contributed by atoms with Crippen molar-refractivity contribution in [2.24, 2.45) is 5.41 Å². The summed E-state index contributed by atoms with van der Waals surface area (Å²) in [6.07, 6.45) is 14.8. The number of benzene rings is 3. The molecule has 3 aromatic carbocycles. The maximum atomic E-state index is 2.83. The van der Waals surface area contributed by atoms with E-state index >= 15 is 0 Å². The average molecular weight is 727 g/mol. The summed E-state index contributed by atoms with van der Waals surface area (Å²) in [6, 6.07) is 27.5. The first kappa shape index (κ1) is 36.5. The summed E-state index contributed by atoms with van der Waals surface area (Å²) in [6.45, 7) is 21.6. The van der Waals surface area contributed by atoms with E-state index in [2.05, 4.69) is 175 Å². The number of hydrogen-bond donors (Lipinski definition) is 0. The zero-order valence-electron chi connectivity index (χ0n) is 28.9. The van der Waals surface area contributed by atoms with Crippen LogP contribution >= 0.6 is 0 Å². The van der Waals surface area contributed by atoms with E-state index in [1.165, 1.54) is 44.5 Å². The van der Waals surface area contributed by atoms with Crippen molar-refractivity contribution in [1.29, 1.82) is 0 Å². The van der Waals surface area contributed by atoms with Gasteiger partial charge in [-0.05, 0) is 0 Å². The zero-order chi connectivity index (χ0) is 31.4. The minimum Gasteiger partial charge on any atom is -1.00 e. The van der Waals surface area contributed by atoms with Crippen molar-refractivity contribution in [3.63, 3.8) is 0 Å². The minimum absolute atomic E-state index is 0. The van der Waals surface area contributed by atoms with Crippen LogP contribution in [0.3, 0.4) is 0 Å². The standard InChI is InChI=1S/C29H33.C9H10.C5H5.2ClH.Zr/c1-19-14-21-16-22-15-20(2)29(28(6,7)8,23-12-10-9-11-13-23)18-25(22)24(21)17-26(19)27(3,4)5;1-8(2)9-6-4-3-5-7-9;1-2-4-5-3-1;;;/h9-14,16-18H,1-8H3;1,3-8H,2H3;1-5H;2*1H;/q;;;;;+2/p-2. The molecule has 0 spiro atoms. The Morgan fingerprint density at radius 3 is 1.93 bits per heavy atom. The van der Waals surface area contributed by atoms with Crippen molar-refractivity contribution in [2.75, 3.05) is 0 Å². The Morgan fingerprint density at radius 1 is 0.783 bits per heavy atom. The van der Waals surface area contributed by atoms with Crippen molar-refractivity contribution in [1.82, 2.24) is 0 Å². The maximum absolute atomic E-state index is 2.83. The summed E-state index contributed by atoms with van der Waals surface area (Å²) in [4.78, 5) is 0. The number of fused-ring (bicyclic) bond motifs is 3. The van der Waals surface area contributed by atoms with Gasteiger partial charge in [0.15, 0.2) is 0 Å². The molecule has 0 fully saturated rings. The predicted molar refractivity (Wildman–Crippen MR) is 189 cm³/mol. The Kier molecular flexibility index (Phi) is 10.9. The van der Waals surface area contributed by atoms with Crippen LogP contribution in [0.15, 0.2) is 118 Å². The Morgan fingerprint density at radius 2 is 1.37 bits per heavy atom. The molecular weight excluding hydrogens is 679 g/mol. The second-order valence-electron chi connectivity index (χ2n) is 15.2. The van der Waals surface area contributed by atoms with Gasteiger partial charge >= 0.3 is 276 Å². The number of hydrogen-bond acceptors (Lipinski definition) is 0. The van der Waals surface area contributed by atoms with E-state index in [0.29, 0.717) is 9.54 Å². The molecule has 238 valence electrons. The van der Waals surface area contributed by atoms with Crippen LogP contribution in [0.4, 0.5) is 0 Å². The molecule has 3 aromatic rings. The van der Waals surface area contributed by atoms with Crippen LogP contribution in [0.2, 0.25) is 3.63 Å². The number of rotatable bonds is 5. The monoisotopic (exact) mass is 724 g/mol. The molecule has 0 nitrogen and oxygen atoms in total. The molecule has 0 aromatic heterocycles. The Balaban J connectivity index is 0.00000240. The summed E-state index contributed by atoms with van der Waals surface area (Å²) < 4.78 is 5.04. The van der Waals surface area contributed by atoms with Gasteiger partial charge in [0.25, 0.3) is 0 Å². The molecule has 0 amide bonds. The van der Waals surface area contributed by atoms with E-state index in [-0.39, 0.29) is 41.1 Å². The molecule has 6 rings (SSSR count). The van der Waals surface area contributed by atoms with Gasteiger partial charge in [-0.15, -0.1) is 0 Å². The number of halogens is 2. The molecule has 3 heteroatoms. The third-order valence-electron chi connectivity index (χ3n) is 10.2. The van der Waals surface area contributed by atoms with Gasteiger partial charge in [-0.3, -0.25) is 0 Å². The van der Waals surface area contributed by atoms with Crippen LogP contribution < -0.4 is 24.8 Å². The first-order valence-electron chi connectivity index (χ1n) is 16.3. The molecule has 0 N–H and O–H groups in total. The van der Waals surface area contributed by atoms with Gasteiger partial charge in [0, 0.05) is 0 Å². The van der Waals surface area contributed by atoms with E-state index in [0.717, 1.165) is 0 Å². The van der Waals surface area contributed by atoms with Gasteiger partial charge in [-0.25, -0.2) is 0 Å². The van der Waals surface area contributed by atoms with E-state index in [1.54, 1.807) is 8.85 Å². The molecule has 2 unspecified atom stereocenters. The van der Waals surface area contributed by atoms with Crippen LogP contribution in [0, 0.1) is 12.3 Å². The number of aryl methyl sites for hydroxylation is 1. The van der Waals surface area contributed by atoms with Gasteiger partial charge in [0.1, 0.15) is 0 Å². The van der Waals surface area contributed by atoms with Crippen LogP contribution in [0.1, 0.15) is 94.7 Å². The molecule has 0 saturated heterocycles. The van der Waals surface area contributed by atoms with Gasteiger partial charge in [-0.1, -0.05) is 0 Å². The SMILES string of the molecule is CC1=[C]([Zr+2](=[CH]C(C)c2ccccc2)[CH]2C=CC=C2)C2=Cc3cc(C)c(C(C)(C)C)cc3C2=CC1(c1ccccc1)C(C)(C)C.[Cl-].[Cl-]. The van der Waals surface area contributed by atoms with Crippen LogP contribution in [0.25, 0.3) is 11.6 Å².